The number of anilines is 1. The van der Waals surface area contributed by atoms with E-state index in [4.69, 9.17) is 0 Å². The lowest BCUT2D eigenvalue weighted by Crippen LogP contribution is -2.40. The molecule has 0 unspecified atom stereocenters. The first-order valence-electron chi connectivity index (χ1n) is 10.3. The maximum absolute atomic E-state index is 13.1. The van der Waals surface area contributed by atoms with Gasteiger partial charge in [-0.2, -0.15) is 0 Å². The summed E-state index contributed by atoms with van der Waals surface area (Å²) in [6.07, 6.45) is 3.99. The number of carbonyl (C=O) groups is 2. The monoisotopic (exact) mass is 395 g/mol. The normalized spacial score (nSPS) is 19.3. The Bertz CT molecular complexity index is 884. The van der Waals surface area contributed by atoms with Gasteiger partial charge in [-0.25, -0.2) is 9.18 Å². The maximum atomic E-state index is 13.1. The van der Waals surface area contributed by atoms with E-state index in [9.17, 15) is 14.0 Å². The molecule has 0 radical (unpaired) electrons. The van der Waals surface area contributed by atoms with Crippen molar-refractivity contribution in [2.45, 2.75) is 25.7 Å². The van der Waals surface area contributed by atoms with Gasteiger partial charge in [0.25, 0.3) is 5.91 Å². The molecular formula is C23H26FN3O2. The van der Waals surface area contributed by atoms with Crippen LogP contribution < -0.4 is 10.2 Å². The molecule has 2 fully saturated rings. The first-order valence-corrected chi connectivity index (χ1v) is 10.3. The molecule has 0 aliphatic carbocycles. The van der Waals surface area contributed by atoms with Crippen LogP contribution >= 0.6 is 0 Å². The molecule has 5 nitrogen and oxygen atoms in total. The van der Waals surface area contributed by atoms with Gasteiger partial charge in [-0.3, -0.25) is 9.69 Å². The Morgan fingerprint density at radius 2 is 1.97 bits per heavy atom. The van der Waals surface area contributed by atoms with Crippen molar-refractivity contribution >= 4 is 17.6 Å². The number of aryl methyl sites for hydroxylation is 1. The number of halogens is 1. The van der Waals surface area contributed by atoms with E-state index in [1.807, 2.05) is 41.3 Å². The highest BCUT2D eigenvalue weighted by Crippen LogP contribution is 2.25. The van der Waals surface area contributed by atoms with Crippen LogP contribution in [-0.2, 0) is 6.42 Å². The van der Waals surface area contributed by atoms with Gasteiger partial charge in [0.2, 0.25) is 0 Å². The van der Waals surface area contributed by atoms with Gasteiger partial charge in [-0.1, -0.05) is 18.2 Å². The summed E-state index contributed by atoms with van der Waals surface area (Å²) in [5, 5.41) is 2.79. The molecule has 0 saturated carbocycles. The van der Waals surface area contributed by atoms with Gasteiger partial charge in [0.1, 0.15) is 5.82 Å². The summed E-state index contributed by atoms with van der Waals surface area (Å²) in [7, 11) is 0. The molecule has 2 aliphatic rings. The van der Waals surface area contributed by atoms with Crippen molar-refractivity contribution in [1.82, 2.24) is 10.2 Å². The predicted octanol–water partition coefficient (Wildman–Crippen LogP) is 3.84. The number of rotatable bonds is 5. The fraction of sp³-hybridized carbons (Fsp3) is 0.391. The summed E-state index contributed by atoms with van der Waals surface area (Å²) >= 11 is 0. The molecule has 6 heteroatoms. The number of carbonyl (C=O) groups excluding carboxylic acids is 2. The van der Waals surface area contributed by atoms with Crippen LogP contribution in [-0.4, -0.2) is 43.0 Å². The lowest BCUT2D eigenvalue weighted by molar-refractivity contribution is 0.0668. The minimum atomic E-state index is -0.211. The zero-order chi connectivity index (χ0) is 20.2. The quantitative estimate of drug-likeness (QED) is 0.836. The second kappa shape index (κ2) is 8.64. The van der Waals surface area contributed by atoms with E-state index in [2.05, 4.69) is 5.32 Å². The van der Waals surface area contributed by atoms with Gasteiger partial charge in [0, 0.05) is 37.4 Å². The van der Waals surface area contributed by atoms with E-state index in [0.717, 1.165) is 50.0 Å². The van der Waals surface area contributed by atoms with Gasteiger partial charge in [-0.05, 0) is 67.5 Å². The fourth-order valence-corrected chi connectivity index (χ4v) is 4.21. The molecule has 152 valence electrons. The molecule has 1 N–H and O–H groups in total. The molecule has 1 atom stereocenters. The van der Waals surface area contributed by atoms with Gasteiger partial charge in [0.05, 0.1) is 0 Å². The van der Waals surface area contributed by atoms with Crippen molar-refractivity contribution < 1.29 is 14.0 Å². The molecule has 2 aliphatic heterocycles. The van der Waals surface area contributed by atoms with Crippen LogP contribution in [0.5, 0.6) is 0 Å². The summed E-state index contributed by atoms with van der Waals surface area (Å²) in [5.41, 5.74) is 2.52. The average Bonchev–Trinajstić information content (AvgIpc) is 3.19. The summed E-state index contributed by atoms with van der Waals surface area (Å²) in [6, 6.07) is 13.9. The third-order valence-electron chi connectivity index (χ3n) is 5.82. The zero-order valence-corrected chi connectivity index (χ0v) is 16.4. The number of benzene rings is 2. The third kappa shape index (κ3) is 4.58. The largest absolute Gasteiger partial charge is 0.338 e. The van der Waals surface area contributed by atoms with E-state index >= 15 is 0 Å². The van der Waals surface area contributed by atoms with Crippen molar-refractivity contribution in [2.75, 3.05) is 31.1 Å². The van der Waals surface area contributed by atoms with Gasteiger partial charge in [-0.15, -0.1) is 0 Å². The summed E-state index contributed by atoms with van der Waals surface area (Å²) in [4.78, 5) is 28.6. The number of nitrogens with one attached hydrogen (secondary N) is 1. The molecule has 0 aromatic heterocycles. The minimum Gasteiger partial charge on any atom is -0.338 e. The molecule has 2 aromatic rings. The van der Waals surface area contributed by atoms with Crippen molar-refractivity contribution in [3.8, 4) is 0 Å². The van der Waals surface area contributed by atoms with Gasteiger partial charge < -0.3 is 10.2 Å². The highest BCUT2D eigenvalue weighted by atomic mass is 19.1. The Morgan fingerprint density at radius 3 is 2.72 bits per heavy atom. The number of likely N-dealkylation sites (tertiary alicyclic amines) is 1. The predicted molar refractivity (Wildman–Crippen MR) is 111 cm³/mol. The van der Waals surface area contributed by atoms with Crippen molar-refractivity contribution in [1.29, 1.82) is 0 Å². The second-order valence-electron chi connectivity index (χ2n) is 7.86. The first kappa shape index (κ1) is 19.4. The molecule has 2 aromatic carbocycles. The highest BCUT2D eigenvalue weighted by molar-refractivity contribution is 5.98. The van der Waals surface area contributed by atoms with Crippen molar-refractivity contribution in [3.05, 3.63) is 65.5 Å². The third-order valence-corrected chi connectivity index (χ3v) is 5.82. The van der Waals surface area contributed by atoms with Crippen LogP contribution in [0, 0.1) is 11.7 Å². The van der Waals surface area contributed by atoms with Crippen LogP contribution in [0.1, 0.15) is 35.2 Å². The van der Waals surface area contributed by atoms with E-state index in [1.165, 1.54) is 12.1 Å². The van der Waals surface area contributed by atoms with Crippen LogP contribution in [0.15, 0.2) is 48.5 Å². The number of nitrogens with zero attached hydrogens (tertiary/aromatic N) is 2. The molecule has 3 amide bonds. The highest BCUT2D eigenvalue weighted by Gasteiger charge is 2.26. The summed E-state index contributed by atoms with van der Waals surface area (Å²) in [6.45, 7) is 2.75. The molecule has 4 rings (SSSR count). The number of hydrogen-bond donors (Lipinski definition) is 1. The summed E-state index contributed by atoms with van der Waals surface area (Å²) in [5.74, 6) is 0.264. The molecule has 29 heavy (non-hydrogen) atoms. The molecule has 0 spiro atoms. The number of amides is 3. The fourth-order valence-electron chi connectivity index (χ4n) is 4.21. The number of hydrogen-bond acceptors (Lipinski definition) is 2. The Balaban J connectivity index is 1.38. The topological polar surface area (TPSA) is 52.7 Å². The van der Waals surface area contributed by atoms with Crippen molar-refractivity contribution in [2.24, 2.45) is 5.92 Å². The number of urea groups is 1. The molecular weight excluding hydrogens is 369 g/mol. The van der Waals surface area contributed by atoms with Crippen molar-refractivity contribution in [3.63, 3.8) is 0 Å². The lowest BCUT2D eigenvalue weighted by atomic mass is 9.91. The molecule has 2 heterocycles. The van der Waals surface area contributed by atoms with Gasteiger partial charge >= 0.3 is 6.03 Å². The standard InChI is InChI=1S/C23H26FN3O2/c24-20-10-8-17(9-11-20)6-7-18-3-2-13-26(16-18)22(28)19-4-1-5-21(15-19)27-14-12-25-23(27)29/h1,4-5,8-11,15,18H,2-3,6-7,12-14,16H2,(H,25,29)/t18-/m0/s1. The lowest BCUT2D eigenvalue weighted by Gasteiger charge is -2.33. The van der Waals surface area contributed by atoms with E-state index in [0.29, 0.717) is 24.6 Å². The maximum Gasteiger partial charge on any atom is 0.321 e. The van der Waals surface area contributed by atoms with Gasteiger partial charge in [0.15, 0.2) is 0 Å². The Hall–Kier alpha value is -2.89. The zero-order valence-electron chi connectivity index (χ0n) is 16.4. The minimum absolute atomic E-state index is 0.0259. The molecule has 2 saturated heterocycles. The number of piperidine rings is 1. The van der Waals surface area contributed by atoms with Crippen LogP contribution in [0.25, 0.3) is 0 Å². The molecule has 0 bridgehead atoms. The summed E-state index contributed by atoms with van der Waals surface area (Å²) < 4.78 is 13.1. The van der Waals surface area contributed by atoms with Crippen LogP contribution in [0.3, 0.4) is 0 Å². The average molecular weight is 395 g/mol. The van der Waals surface area contributed by atoms with E-state index in [1.54, 1.807) is 4.90 Å². The smallest absolute Gasteiger partial charge is 0.321 e. The Morgan fingerprint density at radius 1 is 1.14 bits per heavy atom. The van der Waals surface area contributed by atoms with Crippen LogP contribution in [0.2, 0.25) is 0 Å². The van der Waals surface area contributed by atoms with E-state index in [-0.39, 0.29) is 17.8 Å². The second-order valence-corrected chi connectivity index (χ2v) is 7.86. The van der Waals surface area contributed by atoms with Crippen LogP contribution in [0.4, 0.5) is 14.9 Å². The first-order chi connectivity index (χ1) is 14.1. The Labute approximate surface area is 170 Å². The van der Waals surface area contributed by atoms with E-state index < -0.39 is 0 Å². The SMILES string of the molecule is O=C(c1cccc(N2CCNC2=O)c1)N1CCC[C@@H](CCc2ccc(F)cc2)C1. The Kier molecular flexibility index (Phi) is 5.79.